The van der Waals surface area contributed by atoms with E-state index in [1.165, 1.54) is 161 Å². The topological polar surface area (TPSA) is 228 Å². The highest BCUT2D eigenvalue weighted by Crippen LogP contribution is 2.30. The summed E-state index contributed by atoms with van der Waals surface area (Å²) in [6, 6.07) is -0.950. The maximum absolute atomic E-state index is 13.3. The van der Waals surface area contributed by atoms with Gasteiger partial charge in [0.2, 0.25) is 5.91 Å². The zero-order valence-corrected chi connectivity index (χ0v) is 55.9. The summed E-state index contributed by atoms with van der Waals surface area (Å²) in [6.07, 6.45) is 66.1. The second kappa shape index (κ2) is 58.7. The Kier molecular flexibility index (Phi) is 54.1. The van der Waals surface area contributed by atoms with E-state index in [1.54, 1.807) is 6.08 Å². The lowest BCUT2D eigenvalue weighted by atomic mass is 9.97. The van der Waals surface area contributed by atoms with E-state index in [1.807, 2.05) is 6.08 Å². The van der Waals surface area contributed by atoms with E-state index >= 15 is 0 Å². The minimum Gasteiger partial charge on any atom is -0.394 e. The average molecular weight is 1250 g/mol. The molecule has 0 saturated carbocycles. The molecule has 0 aliphatic carbocycles. The molecule has 14 nitrogen and oxygen atoms in total. The third-order valence-electron chi connectivity index (χ3n) is 17.0. The summed E-state index contributed by atoms with van der Waals surface area (Å²) < 4.78 is 22.8. The van der Waals surface area contributed by atoms with Crippen molar-refractivity contribution in [2.75, 3.05) is 19.8 Å². The van der Waals surface area contributed by atoms with Crippen LogP contribution in [0.1, 0.15) is 277 Å². The van der Waals surface area contributed by atoms with Gasteiger partial charge in [-0.15, -0.1) is 0 Å². The SMILES string of the molecule is CC/C=C\C/C=C\C/C=C\C/C=C\C/C=C\CCCCCCCCCCCC(=O)NC(COC1OC(CO)C(OC2OC(CO)C(O)C(O)C2O)C(O)C1O)C(O)/C=C/CC/C=C/CC/C=C/CCCCCCCCCCCCCCCCCCCCCC. The van der Waals surface area contributed by atoms with E-state index in [9.17, 15) is 45.6 Å². The van der Waals surface area contributed by atoms with Crippen molar-refractivity contribution in [2.24, 2.45) is 0 Å². The van der Waals surface area contributed by atoms with Gasteiger partial charge in [-0.25, -0.2) is 0 Å². The van der Waals surface area contributed by atoms with Crippen molar-refractivity contribution in [1.82, 2.24) is 5.32 Å². The van der Waals surface area contributed by atoms with Crippen molar-refractivity contribution < 1.29 is 64.6 Å². The third-order valence-corrected chi connectivity index (χ3v) is 17.0. The summed E-state index contributed by atoms with van der Waals surface area (Å²) in [5.74, 6) is -0.261. The molecule has 12 atom stereocenters. The van der Waals surface area contributed by atoms with Gasteiger partial charge in [0.05, 0.1) is 32.0 Å². The Balaban J connectivity index is 1.71. The van der Waals surface area contributed by atoms with Crippen LogP contribution in [-0.2, 0) is 23.7 Å². The van der Waals surface area contributed by atoms with Crippen molar-refractivity contribution in [3.8, 4) is 0 Å². The van der Waals surface area contributed by atoms with Gasteiger partial charge < -0.3 is 65.1 Å². The highest BCUT2D eigenvalue weighted by atomic mass is 16.7. The number of aliphatic hydroxyl groups excluding tert-OH is 8. The molecule has 514 valence electrons. The molecule has 2 fully saturated rings. The Morgan fingerprint density at radius 2 is 0.787 bits per heavy atom. The van der Waals surface area contributed by atoms with Crippen LogP contribution in [0.4, 0.5) is 0 Å². The zero-order valence-electron chi connectivity index (χ0n) is 55.9. The van der Waals surface area contributed by atoms with Crippen molar-refractivity contribution in [3.63, 3.8) is 0 Å². The van der Waals surface area contributed by atoms with Crippen molar-refractivity contribution in [2.45, 2.75) is 351 Å². The van der Waals surface area contributed by atoms with Crippen LogP contribution in [0.3, 0.4) is 0 Å². The van der Waals surface area contributed by atoms with Crippen molar-refractivity contribution in [3.05, 3.63) is 97.2 Å². The number of carbonyl (C=O) groups excluding carboxylic acids is 1. The monoisotopic (exact) mass is 1250 g/mol. The lowest BCUT2D eigenvalue weighted by molar-refractivity contribution is -0.359. The van der Waals surface area contributed by atoms with Gasteiger partial charge in [-0.2, -0.15) is 0 Å². The van der Waals surface area contributed by atoms with Crippen molar-refractivity contribution >= 4 is 5.91 Å². The predicted octanol–water partition coefficient (Wildman–Crippen LogP) is 15.0. The fraction of sp³-hybridized carbons (Fsp3) is 0.773. The normalized spacial score (nSPS) is 23.6. The molecule has 1 amide bonds. The van der Waals surface area contributed by atoms with Crippen LogP contribution in [0.5, 0.6) is 0 Å². The molecule has 9 N–H and O–H groups in total. The standard InChI is InChI=1S/C75H131NO13/c1-3-5-7-9-11-13-15-17-19-21-23-25-27-29-30-31-32-33-35-36-38-40-42-44-46-48-50-52-54-56-58-64(79)63(62-86-74-72(85)70(83)73(66(61-78)88-74)89-75-71(84)69(82)68(81)65(60-77)87-75)76-67(80)59-57-55-53-51-49-47-45-43-41-39-37-34-28-26-24-22-20-18-16-14-12-10-8-6-4-2/h6,8,12,14,18,20,24,26,34,37,40,42,48,50,56,58,63-66,68-75,77-79,81-85H,3-5,7,9-11,13,15-17,19,21-23,25,27-33,35-36,38-39,41,43-47,49,51-55,57,59-62H2,1-2H3,(H,76,80)/b8-6-,14-12-,20-18-,26-24-,37-34-,42-40+,50-48+,58-56+. The molecule has 0 spiro atoms. The van der Waals surface area contributed by atoms with Crippen LogP contribution in [0.2, 0.25) is 0 Å². The molecule has 12 unspecified atom stereocenters. The van der Waals surface area contributed by atoms with E-state index < -0.39 is 86.8 Å². The highest BCUT2D eigenvalue weighted by molar-refractivity contribution is 5.76. The van der Waals surface area contributed by atoms with Crippen LogP contribution in [-0.4, -0.2) is 140 Å². The summed E-state index contributed by atoms with van der Waals surface area (Å²) >= 11 is 0. The van der Waals surface area contributed by atoms with Gasteiger partial charge in [0.15, 0.2) is 12.6 Å². The van der Waals surface area contributed by atoms with Gasteiger partial charge in [0.25, 0.3) is 0 Å². The van der Waals surface area contributed by atoms with Gasteiger partial charge in [-0.3, -0.25) is 4.79 Å². The second-order valence-corrected chi connectivity index (χ2v) is 25.0. The van der Waals surface area contributed by atoms with Gasteiger partial charge in [0, 0.05) is 6.42 Å². The summed E-state index contributed by atoms with van der Waals surface area (Å²) in [5.41, 5.74) is 0. The molecule has 89 heavy (non-hydrogen) atoms. The fourth-order valence-corrected chi connectivity index (χ4v) is 11.3. The van der Waals surface area contributed by atoms with Crippen LogP contribution < -0.4 is 5.32 Å². The molecule has 0 aromatic rings. The summed E-state index contributed by atoms with van der Waals surface area (Å²) in [5, 5.41) is 87.4. The first-order valence-corrected chi connectivity index (χ1v) is 36.0. The zero-order chi connectivity index (χ0) is 64.5. The van der Waals surface area contributed by atoms with Crippen LogP contribution in [0.25, 0.3) is 0 Å². The quantitative estimate of drug-likeness (QED) is 0.0204. The average Bonchev–Trinajstić information content (AvgIpc) is 1.37. The molecule has 0 bridgehead atoms. The molecule has 2 aliphatic rings. The molecule has 0 radical (unpaired) electrons. The van der Waals surface area contributed by atoms with Crippen molar-refractivity contribution in [1.29, 1.82) is 0 Å². The second-order valence-electron chi connectivity index (χ2n) is 25.0. The highest BCUT2D eigenvalue weighted by Gasteiger charge is 2.51. The van der Waals surface area contributed by atoms with E-state index in [4.69, 9.17) is 18.9 Å². The number of unbranched alkanes of at least 4 members (excludes halogenated alkanes) is 31. The Labute approximate surface area is 541 Å². The van der Waals surface area contributed by atoms with E-state index in [-0.39, 0.29) is 18.9 Å². The predicted molar refractivity (Wildman–Crippen MR) is 364 cm³/mol. The minimum atomic E-state index is -1.80. The number of ether oxygens (including phenoxy) is 4. The smallest absolute Gasteiger partial charge is 0.220 e. The van der Waals surface area contributed by atoms with Crippen LogP contribution >= 0.6 is 0 Å². The minimum absolute atomic E-state index is 0.257. The number of rotatable bonds is 58. The van der Waals surface area contributed by atoms with E-state index in [0.717, 1.165) is 83.5 Å². The fourth-order valence-electron chi connectivity index (χ4n) is 11.3. The van der Waals surface area contributed by atoms with Crippen LogP contribution in [0.15, 0.2) is 97.2 Å². The maximum atomic E-state index is 13.3. The Hall–Kier alpha value is -3.09. The molecule has 0 aromatic carbocycles. The number of hydrogen-bond donors (Lipinski definition) is 9. The lowest BCUT2D eigenvalue weighted by Crippen LogP contribution is -2.65. The van der Waals surface area contributed by atoms with Gasteiger partial charge in [-0.1, -0.05) is 278 Å². The van der Waals surface area contributed by atoms with Crippen LogP contribution in [0, 0.1) is 0 Å². The number of hydrogen-bond acceptors (Lipinski definition) is 13. The molecule has 0 aromatic heterocycles. The molecule has 2 aliphatic heterocycles. The third kappa shape index (κ3) is 42.7. The Morgan fingerprint density at radius 1 is 0.416 bits per heavy atom. The largest absolute Gasteiger partial charge is 0.394 e. The van der Waals surface area contributed by atoms with Gasteiger partial charge >= 0.3 is 0 Å². The molecule has 2 saturated heterocycles. The number of aliphatic hydroxyl groups is 8. The first kappa shape index (κ1) is 82.0. The summed E-state index contributed by atoms with van der Waals surface area (Å²) in [7, 11) is 0. The van der Waals surface area contributed by atoms with Gasteiger partial charge in [-0.05, 0) is 89.9 Å². The molecular formula is C75H131NO13. The maximum Gasteiger partial charge on any atom is 0.220 e. The summed E-state index contributed by atoms with van der Waals surface area (Å²) in [6.45, 7) is 2.68. The number of carbonyl (C=O) groups is 1. The molecule has 2 rings (SSSR count). The van der Waals surface area contributed by atoms with Gasteiger partial charge in [0.1, 0.15) is 48.8 Å². The Bertz CT molecular complexity index is 1860. The van der Waals surface area contributed by atoms with E-state index in [2.05, 4.69) is 104 Å². The first-order chi connectivity index (χ1) is 43.6. The molecular weight excluding hydrogens is 1120 g/mol. The number of nitrogens with one attached hydrogen (secondary N) is 1. The first-order valence-electron chi connectivity index (χ1n) is 36.0. The Morgan fingerprint density at radius 3 is 1.24 bits per heavy atom. The lowest BCUT2D eigenvalue weighted by Gasteiger charge is -2.46. The number of allylic oxidation sites excluding steroid dienone is 15. The number of amides is 1. The molecule has 14 heteroatoms. The van der Waals surface area contributed by atoms with E-state index in [0.29, 0.717) is 12.8 Å². The summed E-state index contributed by atoms with van der Waals surface area (Å²) in [4.78, 5) is 13.3. The molecule has 2 heterocycles.